The van der Waals surface area contributed by atoms with Crippen molar-refractivity contribution >= 4 is 26.8 Å². The van der Waals surface area contributed by atoms with Crippen LogP contribution in [0.2, 0.25) is 0 Å². The molecule has 0 spiro atoms. The number of rotatable bonds is 6. The Balaban J connectivity index is 1.34. The summed E-state index contributed by atoms with van der Waals surface area (Å²) in [5.41, 5.74) is 3.44. The van der Waals surface area contributed by atoms with E-state index in [9.17, 15) is 17.6 Å². The van der Waals surface area contributed by atoms with Gasteiger partial charge in [-0.2, -0.15) is 0 Å². The molecule has 0 fully saturated rings. The molecule has 6 nitrogen and oxygen atoms in total. The predicted octanol–water partition coefficient (Wildman–Crippen LogP) is 3.29. The minimum Gasteiger partial charge on any atom is -0.358 e. The third-order valence-corrected chi connectivity index (χ3v) is 7.49. The summed E-state index contributed by atoms with van der Waals surface area (Å²) in [6.45, 7) is 1.45. The van der Waals surface area contributed by atoms with Crippen molar-refractivity contribution in [3.8, 4) is 0 Å². The van der Waals surface area contributed by atoms with Gasteiger partial charge in [-0.1, -0.05) is 18.2 Å². The Morgan fingerprint density at radius 1 is 1.17 bits per heavy atom. The van der Waals surface area contributed by atoms with Gasteiger partial charge >= 0.3 is 0 Å². The lowest BCUT2D eigenvalue weighted by Crippen LogP contribution is -2.36. The van der Waals surface area contributed by atoms with Crippen LogP contribution in [0.25, 0.3) is 10.9 Å². The summed E-state index contributed by atoms with van der Waals surface area (Å²) in [4.78, 5) is 18.0. The molecule has 0 saturated carbocycles. The number of carbonyl (C=O) groups excluding carboxylic acids is 1. The quantitative estimate of drug-likeness (QED) is 0.654. The van der Waals surface area contributed by atoms with Crippen molar-refractivity contribution < 1.29 is 17.6 Å². The molecule has 2 aromatic carbocycles. The van der Waals surface area contributed by atoms with E-state index >= 15 is 0 Å². The SMILES string of the molecule is CN(CCCC(=O)N1CCc2[nH]c3ccccc3c2C1)S(=O)(=O)c1ccc(F)cc1. The molecule has 3 aromatic rings. The van der Waals surface area contributed by atoms with Gasteiger partial charge < -0.3 is 9.88 Å². The number of H-pyrrole nitrogens is 1. The average Bonchev–Trinajstić information content (AvgIpc) is 3.11. The Morgan fingerprint density at radius 3 is 2.67 bits per heavy atom. The molecule has 158 valence electrons. The van der Waals surface area contributed by atoms with Crippen LogP contribution in [-0.4, -0.2) is 48.7 Å². The van der Waals surface area contributed by atoms with Gasteiger partial charge in [0, 0.05) is 61.7 Å². The van der Waals surface area contributed by atoms with Crippen LogP contribution in [0.15, 0.2) is 53.4 Å². The second kappa shape index (κ2) is 8.20. The lowest BCUT2D eigenvalue weighted by atomic mass is 10.0. The fourth-order valence-electron chi connectivity index (χ4n) is 3.90. The molecule has 1 aliphatic heterocycles. The zero-order chi connectivity index (χ0) is 21.3. The second-order valence-corrected chi connectivity index (χ2v) is 9.62. The largest absolute Gasteiger partial charge is 0.358 e. The number of hydrogen-bond acceptors (Lipinski definition) is 3. The molecular weight excluding hydrogens is 405 g/mol. The van der Waals surface area contributed by atoms with E-state index in [1.807, 2.05) is 23.1 Å². The number of fused-ring (bicyclic) bond motifs is 3. The normalized spacial score (nSPS) is 14.3. The van der Waals surface area contributed by atoms with Crippen LogP contribution in [0.1, 0.15) is 24.1 Å². The molecule has 0 atom stereocenters. The van der Waals surface area contributed by atoms with Gasteiger partial charge in [0.1, 0.15) is 5.82 Å². The smallest absolute Gasteiger partial charge is 0.242 e. The van der Waals surface area contributed by atoms with Crippen molar-refractivity contribution in [3.05, 3.63) is 65.6 Å². The maximum atomic E-state index is 13.0. The van der Waals surface area contributed by atoms with Gasteiger partial charge in [-0.25, -0.2) is 17.1 Å². The van der Waals surface area contributed by atoms with Crippen molar-refractivity contribution in [1.82, 2.24) is 14.2 Å². The van der Waals surface area contributed by atoms with E-state index in [1.54, 1.807) is 0 Å². The van der Waals surface area contributed by atoms with Crippen LogP contribution >= 0.6 is 0 Å². The number of nitrogens with zero attached hydrogens (tertiary/aromatic N) is 2. The van der Waals surface area contributed by atoms with Crippen molar-refractivity contribution in [2.75, 3.05) is 20.1 Å². The Kier molecular flexibility index (Phi) is 5.62. The molecule has 8 heteroatoms. The predicted molar refractivity (Wildman–Crippen MR) is 113 cm³/mol. The van der Waals surface area contributed by atoms with E-state index in [2.05, 4.69) is 11.1 Å². The first kappa shape index (κ1) is 20.6. The number of nitrogens with one attached hydrogen (secondary N) is 1. The summed E-state index contributed by atoms with van der Waals surface area (Å²) in [5.74, 6) is -0.458. The number of aromatic amines is 1. The fourth-order valence-corrected chi connectivity index (χ4v) is 5.11. The van der Waals surface area contributed by atoms with Crippen LogP contribution in [0.3, 0.4) is 0 Å². The molecule has 1 N–H and O–H groups in total. The second-order valence-electron chi connectivity index (χ2n) is 7.58. The van der Waals surface area contributed by atoms with Gasteiger partial charge in [0.2, 0.25) is 15.9 Å². The van der Waals surface area contributed by atoms with E-state index in [4.69, 9.17) is 0 Å². The zero-order valence-corrected chi connectivity index (χ0v) is 17.6. The van der Waals surface area contributed by atoms with Crippen molar-refractivity contribution in [2.24, 2.45) is 0 Å². The van der Waals surface area contributed by atoms with Gasteiger partial charge in [-0.3, -0.25) is 4.79 Å². The number of sulfonamides is 1. The van der Waals surface area contributed by atoms with Crippen LogP contribution in [0.4, 0.5) is 4.39 Å². The third-order valence-electron chi connectivity index (χ3n) is 5.62. The molecule has 0 radical (unpaired) electrons. The molecule has 0 aliphatic carbocycles. The third kappa shape index (κ3) is 3.97. The fraction of sp³-hybridized carbons (Fsp3) is 0.318. The average molecular weight is 430 g/mol. The van der Waals surface area contributed by atoms with Crippen LogP contribution in [0.5, 0.6) is 0 Å². The van der Waals surface area contributed by atoms with E-state index in [1.165, 1.54) is 34.7 Å². The Hall–Kier alpha value is -2.71. The molecule has 0 bridgehead atoms. The highest BCUT2D eigenvalue weighted by atomic mass is 32.2. The molecule has 0 saturated heterocycles. The Bertz CT molecular complexity index is 1170. The molecule has 2 heterocycles. The molecular formula is C22H24FN3O3S. The van der Waals surface area contributed by atoms with E-state index in [0.29, 0.717) is 19.5 Å². The van der Waals surface area contributed by atoms with Crippen LogP contribution < -0.4 is 0 Å². The molecule has 0 unspecified atom stereocenters. The summed E-state index contributed by atoms with van der Waals surface area (Å²) >= 11 is 0. The van der Waals surface area contributed by atoms with Gasteiger partial charge in [0.25, 0.3) is 0 Å². The van der Waals surface area contributed by atoms with Crippen LogP contribution in [-0.2, 0) is 27.8 Å². The first-order valence-electron chi connectivity index (χ1n) is 9.94. The topological polar surface area (TPSA) is 73.5 Å². The number of amides is 1. The highest BCUT2D eigenvalue weighted by molar-refractivity contribution is 7.89. The van der Waals surface area contributed by atoms with Crippen molar-refractivity contribution in [1.29, 1.82) is 0 Å². The lowest BCUT2D eigenvalue weighted by molar-refractivity contribution is -0.132. The van der Waals surface area contributed by atoms with Gasteiger partial charge in [-0.15, -0.1) is 0 Å². The summed E-state index contributed by atoms with van der Waals surface area (Å²) in [7, 11) is -2.22. The number of hydrogen-bond donors (Lipinski definition) is 1. The first-order valence-corrected chi connectivity index (χ1v) is 11.4. The maximum absolute atomic E-state index is 13.0. The van der Waals surface area contributed by atoms with E-state index in [0.717, 1.165) is 29.5 Å². The highest BCUT2D eigenvalue weighted by Crippen LogP contribution is 2.28. The number of benzene rings is 2. The summed E-state index contributed by atoms with van der Waals surface area (Å²) in [5, 5.41) is 1.15. The summed E-state index contributed by atoms with van der Waals surface area (Å²) in [6.07, 6.45) is 1.49. The van der Waals surface area contributed by atoms with Gasteiger partial charge in [-0.05, 0) is 36.8 Å². The molecule has 1 aromatic heterocycles. The minimum atomic E-state index is -3.70. The van der Waals surface area contributed by atoms with Gasteiger partial charge in [0.15, 0.2) is 0 Å². The Labute approximate surface area is 175 Å². The first-order chi connectivity index (χ1) is 14.4. The van der Waals surface area contributed by atoms with Gasteiger partial charge in [0.05, 0.1) is 4.90 Å². The van der Waals surface area contributed by atoms with Crippen LogP contribution in [0, 0.1) is 5.82 Å². The molecule has 4 rings (SSSR count). The lowest BCUT2D eigenvalue weighted by Gasteiger charge is -2.27. The minimum absolute atomic E-state index is 0.0264. The summed E-state index contributed by atoms with van der Waals surface area (Å²) < 4.78 is 39.4. The molecule has 30 heavy (non-hydrogen) atoms. The standard InChI is InChI=1S/C22H24FN3O3S/c1-25(30(28,29)17-10-8-16(23)9-11-17)13-4-7-22(27)26-14-12-21-19(15-26)18-5-2-3-6-20(18)24-21/h2-3,5-6,8-11,24H,4,7,12-15H2,1H3. The molecule has 1 amide bonds. The highest BCUT2D eigenvalue weighted by Gasteiger charge is 2.25. The number of carbonyl (C=O) groups is 1. The Morgan fingerprint density at radius 2 is 1.90 bits per heavy atom. The monoisotopic (exact) mass is 429 g/mol. The van der Waals surface area contributed by atoms with E-state index < -0.39 is 15.8 Å². The zero-order valence-electron chi connectivity index (χ0n) is 16.8. The number of para-hydroxylation sites is 1. The molecule has 1 aliphatic rings. The van der Waals surface area contributed by atoms with E-state index in [-0.39, 0.29) is 23.8 Å². The number of aromatic nitrogens is 1. The maximum Gasteiger partial charge on any atom is 0.242 e. The van der Waals surface area contributed by atoms with Crippen molar-refractivity contribution in [3.63, 3.8) is 0 Å². The number of halogens is 1. The van der Waals surface area contributed by atoms with Crippen molar-refractivity contribution in [2.45, 2.75) is 30.7 Å². The summed E-state index contributed by atoms with van der Waals surface area (Å²) in [6, 6.07) is 12.8.